The Balaban J connectivity index is 1.80. The number of para-hydroxylation sites is 1. The Morgan fingerprint density at radius 2 is 1.66 bits per heavy atom. The van der Waals surface area contributed by atoms with E-state index in [1.54, 1.807) is 14.2 Å². The average Bonchev–Trinajstić information content (AvgIpc) is 2.77. The molecule has 2 heterocycles. The lowest BCUT2D eigenvalue weighted by Gasteiger charge is -2.32. The molecule has 1 fully saturated rings. The second-order valence-corrected chi connectivity index (χ2v) is 7.24. The third-order valence-electron chi connectivity index (χ3n) is 5.42. The largest absolute Gasteiger partial charge is 0.493 e. The van der Waals surface area contributed by atoms with Crippen molar-refractivity contribution in [3.63, 3.8) is 0 Å². The number of fused-ring (bicyclic) bond motifs is 1. The molecule has 1 saturated heterocycles. The summed E-state index contributed by atoms with van der Waals surface area (Å²) in [6.07, 6.45) is 0. The monoisotopic (exact) mass is 391 g/mol. The van der Waals surface area contributed by atoms with Crippen molar-refractivity contribution in [2.45, 2.75) is 0 Å². The first kappa shape index (κ1) is 19.2. The van der Waals surface area contributed by atoms with E-state index in [9.17, 15) is 4.79 Å². The summed E-state index contributed by atoms with van der Waals surface area (Å²) in [4.78, 5) is 22.3. The van der Waals surface area contributed by atoms with Crippen molar-refractivity contribution in [1.29, 1.82) is 0 Å². The molecule has 0 radical (unpaired) electrons. The van der Waals surface area contributed by atoms with Gasteiger partial charge < -0.3 is 19.3 Å². The third kappa shape index (κ3) is 3.76. The Labute approximate surface area is 170 Å². The lowest BCUT2D eigenvalue weighted by molar-refractivity contribution is 0.0666. The quantitative estimate of drug-likeness (QED) is 0.683. The first-order chi connectivity index (χ1) is 14.1. The van der Waals surface area contributed by atoms with Crippen molar-refractivity contribution in [3.8, 4) is 22.8 Å². The molecular weight excluding hydrogens is 366 g/mol. The van der Waals surface area contributed by atoms with Gasteiger partial charge in [-0.15, -0.1) is 0 Å². The van der Waals surface area contributed by atoms with Crippen molar-refractivity contribution in [2.24, 2.45) is 0 Å². The van der Waals surface area contributed by atoms with Crippen molar-refractivity contribution in [2.75, 3.05) is 47.4 Å². The van der Waals surface area contributed by atoms with E-state index in [4.69, 9.17) is 14.5 Å². The molecule has 0 N–H and O–H groups in total. The molecule has 6 nitrogen and oxygen atoms in total. The number of likely N-dealkylation sites (N-methyl/N-ethyl adjacent to an activating group) is 1. The molecule has 0 spiro atoms. The number of aromatic nitrogens is 1. The summed E-state index contributed by atoms with van der Waals surface area (Å²) < 4.78 is 10.8. The van der Waals surface area contributed by atoms with E-state index >= 15 is 0 Å². The lowest BCUT2D eigenvalue weighted by atomic mass is 10.0. The molecule has 0 aliphatic carbocycles. The molecule has 150 valence electrons. The first-order valence-electron chi connectivity index (χ1n) is 9.70. The minimum Gasteiger partial charge on any atom is -0.493 e. The highest BCUT2D eigenvalue weighted by Crippen LogP contribution is 2.33. The molecule has 29 heavy (non-hydrogen) atoms. The lowest BCUT2D eigenvalue weighted by Crippen LogP contribution is -2.47. The molecule has 4 rings (SSSR count). The number of pyridine rings is 1. The number of ether oxygens (including phenoxy) is 2. The van der Waals surface area contributed by atoms with Gasteiger partial charge in [0, 0.05) is 37.1 Å². The Bertz CT molecular complexity index is 1040. The van der Waals surface area contributed by atoms with Crippen LogP contribution in [-0.2, 0) is 0 Å². The van der Waals surface area contributed by atoms with Gasteiger partial charge in [0.15, 0.2) is 11.5 Å². The number of piperazine rings is 1. The number of rotatable bonds is 4. The number of methoxy groups -OCH3 is 2. The molecule has 0 saturated carbocycles. The number of benzene rings is 2. The summed E-state index contributed by atoms with van der Waals surface area (Å²) in [5, 5.41) is 0.876. The standard InChI is InChI=1S/C23H25N3O3/c1-25-10-12-26(13-11-25)23(27)18-15-20(24-19-7-5-4-6-17(18)19)16-8-9-21(28-2)22(14-16)29-3/h4-9,14-15H,10-13H2,1-3H3. The van der Waals surface area contributed by atoms with Gasteiger partial charge in [-0.3, -0.25) is 4.79 Å². The van der Waals surface area contributed by atoms with Gasteiger partial charge in [-0.25, -0.2) is 4.98 Å². The number of carbonyl (C=O) groups excluding carboxylic acids is 1. The Morgan fingerprint density at radius 1 is 0.931 bits per heavy atom. The molecule has 1 aliphatic rings. The minimum absolute atomic E-state index is 0.0541. The Morgan fingerprint density at radius 3 is 2.38 bits per heavy atom. The van der Waals surface area contributed by atoms with Crippen LogP contribution < -0.4 is 9.47 Å². The van der Waals surface area contributed by atoms with Crippen LogP contribution in [-0.4, -0.2) is 68.1 Å². The van der Waals surface area contributed by atoms with Crippen LogP contribution in [0.1, 0.15) is 10.4 Å². The van der Waals surface area contributed by atoms with Gasteiger partial charge in [0.25, 0.3) is 5.91 Å². The van der Waals surface area contributed by atoms with Crippen LogP contribution in [0, 0.1) is 0 Å². The highest BCUT2D eigenvalue weighted by atomic mass is 16.5. The van der Waals surface area contributed by atoms with Gasteiger partial charge in [-0.1, -0.05) is 18.2 Å². The zero-order valence-corrected chi connectivity index (χ0v) is 17.0. The number of hydrogen-bond acceptors (Lipinski definition) is 5. The Kier molecular flexibility index (Phi) is 5.36. The van der Waals surface area contributed by atoms with Crippen molar-refractivity contribution in [1.82, 2.24) is 14.8 Å². The van der Waals surface area contributed by atoms with Crippen molar-refractivity contribution in [3.05, 3.63) is 54.1 Å². The predicted octanol–water partition coefficient (Wildman–Crippen LogP) is 3.31. The van der Waals surface area contributed by atoms with E-state index in [-0.39, 0.29) is 5.91 Å². The fourth-order valence-electron chi connectivity index (χ4n) is 3.68. The Hall–Kier alpha value is -3.12. The van der Waals surface area contributed by atoms with E-state index in [0.29, 0.717) is 17.1 Å². The summed E-state index contributed by atoms with van der Waals surface area (Å²) in [6.45, 7) is 3.24. The summed E-state index contributed by atoms with van der Waals surface area (Å²) >= 11 is 0. The fourth-order valence-corrected chi connectivity index (χ4v) is 3.68. The number of carbonyl (C=O) groups is 1. The van der Waals surface area contributed by atoms with Crippen LogP contribution in [0.2, 0.25) is 0 Å². The summed E-state index contributed by atoms with van der Waals surface area (Å²) in [6, 6.07) is 15.4. The molecule has 0 bridgehead atoms. The molecular formula is C23H25N3O3. The van der Waals surface area contributed by atoms with Crippen LogP contribution in [0.4, 0.5) is 0 Å². The van der Waals surface area contributed by atoms with Crippen LogP contribution in [0.3, 0.4) is 0 Å². The van der Waals surface area contributed by atoms with Gasteiger partial charge in [0.2, 0.25) is 0 Å². The van der Waals surface area contributed by atoms with Gasteiger partial charge >= 0.3 is 0 Å². The summed E-state index contributed by atoms with van der Waals surface area (Å²) in [7, 11) is 5.30. The number of amides is 1. The molecule has 0 atom stereocenters. The molecule has 1 amide bonds. The average molecular weight is 391 g/mol. The first-order valence-corrected chi connectivity index (χ1v) is 9.70. The van der Waals surface area contributed by atoms with Crippen LogP contribution >= 0.6 is 0 Å². The topological polar surface area (TPSA) is 54.9 Å². The summed E-state index contributed by atoms with van der Waals surface area (Å²) in [5.41, 5.74) is 3.10. The van der Waals surface area contributed by atoms with Gasteiger partial charge in [0.05, 0.1) is 31.0 Å². The molecule has 1 aliphatic heterocycles. The predicted molar refractivity (Wildman–Crippen MR) is 114 cm³/mol. The van der Waals surface area contributed by atoms with E-state index in [1.165, 1.54) is 0 Å². The minimum atomic E-state index is 0.0541. The van der Waals surface area contributed by atoms with E-state index in [0.717, 1.165) is 48.3 Å². The normalized spacial score (nSPS) is 14.8. The van der Waals surface area contributed by atoms with Crippen LogP contribution in [0.25, 0.3) is 22.2 Å². The van der Waals surface area contributed by atoms with Gasteiger partial charge in [-0.05, 0) is 37.4 Å². The maximum absolute atomic E-state index is 13.4. The number of hydrogen-bond donors (Lipinski definition) is 0. The second kappa shape index (κ2) is 8.09. The second-order valence-electron chi connectivity index (χ2n) is 7.24. The highest BCUT2D eigenvalue weighted by Gasteiger charge is 2.23. The highest BCUT2D eigenvalue weighted by molar-refractivity contribution is 6.07. The fraction of sp³-hybridized carbons (Fsp3) is 0.304. The molecule has 3 aromatic rings. The summed E-state index contributed by atoms with van der Waals surface area (Å²) in [5.74, 6) is 1.34. The van der Waals surface area contributed by atoms with Crippen molar-refractivity contribution >= 4 is 16.8 Å². The molecule has 0 unspecified atom stereocenters. The van der Waals surface area contributed by atoms with E-state index in [2.05, 4.69) is 11.9 Å². The third-order valence-corrected chi connectivity index (χ3v) is 5.42. The number of nitrogens with zero attached hydrogens (tertiary/aromatic N) is 3. The smallest absolute Gasteiger partial charge is 0.254 e. The zero-order chi connectivity index (χ0) is 20.4. The van der Waals surface area contributed by atoms with Crippen molar-refractivity contribution < 1.29 is 14.3 Å². The maximum atomic E-state index is 13.4. The maximum Gasteiger partial charge on any atom is 0.254 e. The van der Waals surface area contributed by atoms with Gasteiger partial charge in [0.1, 0.15) is 0 Å². The molecule has 2 aromatic carbocycles. The zero-order valence-electron chi connectivity index (χ0n) is 17.0. The SMILES string of the molecule is COc1ccc(-c2cc(C(=O)N3CCN(C)CC3)c3ccccc3n2)cc1OC. The van der Waals surface area contributed by atoms with Crippen LogP contribution in [0.15, 0.2) is 48.5 Å². The van der Waals surface area contributed by atoms with Crippen LogP contribution in [0.5, 0.6) is 11.5 Å². The van der Waals surface area contributed by atoms with Gasteiger partial charge in [-0.2, -0.15) is 0 Å². The molecule has 6 heteroatoms. The van der Waals surface area contributed by atoms with E-state index in [1.807, 2.05) is 53.4 Å². The van der Waals surface area contributed by atoms with E-state index < -0.39 is 0 Å². The molecule has 1 aromatic heterocycles.